The van der Waals surface area contributed by atoms with E-state index in [1.54, 1.807) is 0 Å². The summed E-state index contributed by atoms with van der Waals surface area (Å²) >= 11 is 3.49. The SMILES string of the molecule is CCNC(=NCCc1nc(C)no1)NC1CCN(c2ccc(Br)cc2)C1.I. The Bertz CT molecular complexity index is 736. The van der Waals surface area contributed by atoms with Crippen molar-refractivity contribution in [1.29, 1.82) is 0 Å². The van der Waals surface area contributed by atoms with Gasteiger partial charge in [-0.05, 0) is 44.5 Å². The van der Waals surface area contributed by atoms with Gasteiger partial charge < -0.3 is 20.1 Å². The lowest BCUT2D eigenvalue weighted by molar-refractivity contribution is 0.376. The highest BCUT2D eigenvalue weighted by atomic mass is 127. The summed E-state index contributed by atoms with van der Waals surface area (Å²) in [5.74, 6) is 2.13. The number of halogens is 2. The molecule has 2 aromatic rings. The molecule has 1 unspecified atom stereocenters. The van der Waals surface area contributed by atoms with E-state index in [-0.39, 0.29) is 24.0 Å². The Morgan fingerprint density at radius 3 is 2.81 bits per heavy atom. The van der Waals surface area contributed by atoms with Crippen LogP contribution in [0.4, 0.5) is 5.69 Å². The Morgan fingerprint density at radius 2 is 2.15 bits per heavy atom. The standard InChI is InChI=1S/C18H25BrN6O.HI/c1-3-20-18(21-10-8-17-22-13(2)24-26-17)23-15-9-11-25(12-15)16-6-4-14(19)5-7-16;/h4-7,15H,3,8-12H2,1-2H3,(H2,20,21,23);1H. The summed E-state index contributed by atoms with van der Waals surface area (Å²) < 4.78 is 6.23. The maximum absolute atomic E-state index is 5.13. The first-order valence-corrected chi connectivity index (χ1v) is 9.78. The summed E-state index contributed by atoms with van der Waals surface area (Å²) in [6.45, 7) is 7.34. The smallest absolute Gasteiger partial charge is 0.228 e. The largest absolute Gasteiger partial charge is 0.369 e. The number of aryl methyl sites for hydroxylation is 1. The molecule has 7 nitrogen and oxygen atoms in total. The first kappa shape index (κ1) is 21.9. The minimum Gasteiger partial charge on any atom is -0.369 e. The Morgan fingerprint density at radius 1 is 1.37 bits per heavy atom. The highest BCUT2D eigenvalue weighted by Gasteiger charge is 2.23. The van der Waals surface area contributed by atoms with Gasteiger partial charge in [-0.25, -0.2) is 0 Å². The molecule has 0 saturated carbocycles. The Balaban J connectivity index is 0.00000261. The first-order valence-electron chi connectivity index (χ1n) is 8.98. The van der Waals surface area contributed by atoms with E-state index in [0.29, 0.717) is 30.7 Å². The highest BCUT2D eigenvalue weighted by molar-refractivity contribution is 14.0. The van der Waals surface area contributed by atoms with E-state index in [1.807, 2.05) is 6.92 Å². The molecular formula is C18H26BrIN6O. The van der Waals surface area contributed by atoms with Gasteiger partial charge in [-0.3, -0.25) is 4.99 Å². The molecule has 27 heavy (non-hydrogen) atoms. The summed E-state index contributed by atoms with van der Waals surface area (Å²) in [5.41, 5.74) is 1.26. The zero-order valence-electron chi connectivity index (χ0n) is 15.6. The predicted octanol–water partition coefficient (Wildman–Crippen LogP) is 3.14. The molecule has 0 spiro atoms. The van der Waals surface area contributed by atoms with Gasteiger partial charge in [-0.15, -0.1) is 24.0 Å². The molecule has 1 atom stereocenters. The summed E-state index contributed by atoms with van der Waals surface area (Å²) in [5, 5.41) is 10.7. The topological polar surface area (TPSA) is 78.6 Å². The second-order valence-corrected chi connectivity index (χ2v) is 7.21. The van der Waals surface area contributed by atoms with Crippen LogP contribution in [0, 0.1) is 6.92 Å². The molecule has 0 aliphatic carbocycles. The quantitative estimate of drug-likeness (QED) is 0.328. The van der Waals surface area contributed by atoms with Crippen LogP contribution in [-0.4, -0.2) is 48.3 Å². The van der Waals surface area contributed by atoms with E-state index in [9.17, 15) is 0 Å². The summed E-state index contributed by atoms with van der Waals surface area (Å²) in [7, 11) is 0. The number of hydrogen-bond donors (Lipinski definition) is 2. The van der Waals surface area contributed by atoms with E-state index in [2.05, 4.69) is 77.8 Å². The maximum Gasteiger partial charge on any atom is 0.228 e. The van der Waals surface area contributed by atoms with Crippen LogP contribution in [0.25, 0.3) is 0 Å². The molecule has 1 fully saturated rings. The number of aromatic nitrogens is 2. The second-order valence-electron chi connectivity index (χ2n) is 6.30. The van der Waals surface area contributed by atoms with Crippen molar-refractivity contribution in [3.05, 3.63) is 40.5 Å². The molecule has 0 amide bonds. The van der Waals surface area contributed by atoms with Crippen molar-refractivity contribution in [3.63, 3.8) is 0 Å². The third-order valence-electron chi connectivity index (χ3n) is 4.23. The monoisotopic (exact) mass is 548 g/mol. The van der Waals surface area contributed by atoms with Crippen molar-refractivity contribution >= 4 is 51.6 Å². The highest BCUT2D eigenvalue weighted by Crippen LogP contribution is 2.22. The molecule has 0 radical (unpaired) electrons. The second kappa shape index (κ2) is 10.8. The van der Waals surface area contributed by atoms with Crippen LogP contribution >= 0.6 is 39.9 Å². The molecule has 1 saturated heterocycles. The molecule has 0 bridgehead atoms. The van der Waals surface area contributed by atoms with Crippen LogP contribution in [0.3, 0.4) is 0 Å². The molecular weight excluding hydrogens is 523 g/mol. The molecule has 148 valence electrons. The van der Waals surface area contributed by atoms with Gasteiger partial charge in [0.1, 0.15) is 0 Å². The van der Waals surface area contributed by atoms with E-state index in [4.69, 9.17) is 4.52 Å². The van der Waals surface area contributed by atoms with Crippen LogP contribution in [0.15, 0.2) is 38.3 Å². The lowest BCUT2D eigenvalue weighted by Gasteiger charge is -2.20. The van der Waals surface area contributed by atoms with E-state index in [1.165, 1.54) is 5.69 Å². The van der Waals surface area contributed by atoms with Crippen molar-refractivity contribution in [2.24, 2.45) is 4.99 Å². The van der Waals surface area contributed by atoms with Crippen molar-refractivity contribution in [2.45, 2.75) is 32.7 Å². The zero-order valence-corrected chi connectivity index (χ0v) is 19.5. The van der Waals surface area contributed by atoms with Gasteiger partial charge in [0.2, 0.25) is 5.89 Å². The molecule has 1 aromatic carbocycles. The van der Waals surface area contributed by atoms with Gasteiger partial charge in [-0.2, -0.15) is 4.98 Å². The molecule has 1 aliphatic rings. The van der Waals surface area contributed by atoms with Crippen molar-refractivity contribution in [2.75, 3.05) is 31.1 Å². The minimum atomic E-state index is 0. The van der Waals surface area contributed by atoms with Gasteiger partial charge in [-0.1, -0.05) is 21.1 Å². The Hall–Kier alpha value is -1.36. The average Bonchev–Trinajstić information content (AvgIpc) is 3.25. The fraction of sp³-hybridized carbons (Fsp3) is 0.500. The van der Waals surface area contributed by atoms with Crippen molar-refractivity contribution in [3.8, 4) is 0 Å². The number of nitrogens with one attached hydrogen (secondary N) is 2. The van der Waals surface area contributed by atoms with Crippen LogP contribution in [0.5, 0.6) is 0 Å². The fourth-order valence-electron chi connectivity index (χ4n) is 2.98. The number of guanidine groups is 1. The summed E-state index contributed by atoms with van der Waals surface area (Å²) in [6.07, 6.45) is 1.73. The number of aliphatic imine (C=N–C) groups is 1. The number of anilines is 1. The Labute approximate surface area is 185 Å². The molecule has 1 aliphatic heterocycles. The summed E-state index contributed by atoms with van der Waals surface area (Å²) in [4.78, 5) is 11.2. The van der Waals surface area contributed by atoms with Gasteiger partial charge in [0.25, 0.3) is 0 Å². The van der Waals surface area contributed by atoms with E-state index in [0.717, 1.165) is 36.5 Å². The fourth-order valence-corrected chi connectivity index (χ4v) is 3.25. The van der Waals surface area contributed by atoms with Gasteiger partial charge in [0, 0.05) is 42.3 Å². The van der Waals surface area contributed by atoms with Crippen LogP contribution < -0.4 is 15.5 Å². The van der Waals surface area contributed by atoms with Crippen molar-refractivity contribution in [1.82, 2.24) is 20.8 Å². The molecule has 3 rings (SSSR count). The number of benzene rings is 1. The third-order valence-corrected chi connectivity index (χ3v) is 4.76. The van der Waals surface area contributed by atoms with Crippen LogP contribution in [-0.2, 0) is 6.42 Å². The maximum atomic E-state index is 5.13. The van der Waals surface area contributed by atoms with Crippen molar-refractivity contribution < 1.29 is 4.52 Å². The first-order chi connectivity index (χ1) is 12.6. The number of nitrogens with zero attached hydrogens (tertiary/aromatic N) is 4. The zero-order chi connectivity index (χ0) is 18.4. The van der Waals surface area contributed by atoms with Gasteiger partial charge in [0.05, 0.1) is 6.54 Å². The lowest BCUT2D eigenvalue weighted by Crippen LogP contribution is -2.44. The summed E-state index contributed by atoms with van der Waals surface area (Å²) in [6, 6.07) is 8.85. The van der Waals surface area contributed by atoms with Gasteiger partial charge in [0.15, 0.2) is 11.8 Å². The molecule has 9 heteroatoms. The molecule has 2 heterocycles. The third kappa shape index (κ3) is 6.63. The number of hydrogen-bond acceptors (Lipinski definition) is 5. The molecule has 2 N–H and O–H groups in total. The number of rotatable bonds is 6. The van der Waals surface area contributed by atoms with Crippen LogP contribution in [0.2, 0.25) is 0 Å². The predicted molar refractivity (Wildman–Crippen MR) is 122 cm³/mol. The van der Waals surface area contributed by atoms with Crippen LogP contribution in [0.1, 0.15) is 25.1 Å². The van der Waals surface area contributed by atoms with Gasteiger partial charge >= 0.3 is 0 Å². The van der Waals surface area contributed by atoms with E-state index >= 15 is 0 Å². The minimum absolute atomic E-state index is 0. The molecule has 1 aromatic heterocycles. The normalized spacial score (nSPS) is 16.9. The Kier molecular flexibility index (Phi) is 8.81. The average molecular weight is 549 g/mol. The lowest BCUT2D eigenvalue weighted by atomic mass is 10.3. The van der Waals surface area contributed by atoms with E-state index < -0.39 is 0 Å².